The Bertz CT molecular complexity index is 454. The predicted molar refractivity (Wildman–Crippen MR) is 56.6 cm³/mol. The van der Waals surface area contributed by atoms with Crippen LogP contribution in [0.4, 0.5) is 5.82 Å². The Kier molecular flexibility index (Phi) is 2.62. The fourth-order valence-corrected chi connectivity index (χ4v) is 2.45. The quantitative estimate of drug-likeness (QED) is 0.777. The summed E-state index contributed by atoms with van der Waals surface area (Å²) in [5.41, 5.74) is 5.50. The second kappa shape index (κ2) is 3.79. The molecular formula is C9H13N3O2S. The minimum absolute atomic E-state index is 0.0424. The molecule has 0 unspecified atom stereocenters. The number of pyridine rings is 1. The summed E-state index contributed by atoms with van der Waals surface area (Å²) in [6.45, 7) is 0.497. The Labute approximate surface area is 88.8 Å². The lowest BCUT2D eigenvalue weighted by atomic mass is 10.4. The van der Waals surface area contributed by atoms with Crippen LogP contribution in [0.25, 0.3) is 0 Å². The molecule has 0 spiro atoms. The molecule has 1 aliphatic carbocycles. The van der Waals surface area contributed by atoms with E-state index in [2.05, 4.69) is 9.71 Å². The summed E-state index contributed by atoms with van der Waals surface area (Å²) >= 11 is 0. The highest BCUT2D eigenvalue weighted by Crippen LogP contribution is 2.28. The topological polar surface area (TPSA) is 85.1 Å². The summed E-state index contributed by atoms with van der Waals surface area (Å²) in [4.78, 5) is 3.81. The monoisotopic (exact) mass is 227 g/mol. The minimum atomic E-state index is -3.48. The number of rotatable bonds is 4. The van der Waals surface area contributed by atoms with Crippen LogP contribution >= 0.6 is 0 Å². The van der Waals surface area contributed by atoms with Gasteiger partial charge < -0.3 is 5.73 Å². The molecule has 0 amide bonds. The number of hydrogen-bond donors (Lipinski definition) is 2. The van der Waals surface area contributed by atoms with Crippen molar-refractivity contribution in [1.29, 1.82) is 0 Å². The van der Waals surface area contributed by atoms with E-state index >= 15 is 0 Å². The van der Waals surface area contributed by atoms with Crippen molar-refractivity contribution in [2.24, 2.45) is 5.92 Å². The highest BCUT2D eigenvalue weighted by atomic mass is 32.2. The van der Waals surface area contributed by atoms with Gasteiger partial charge in [-0.25, -0.2) is 18.1 Å². The van der Waals surface area contributed by atoms with Crippen molar-refractivity contribution in [3.8, 4) is 0 Å². The first-order valence-electron chi connectivity index (χ1n) is 4.80. The molecule has 0 bridgehead atoms. The van der Waals surface area contributed by atoms with Crippen molar-refractivity contribution >= 4 is 15.8 Å². The van der Waals surface area contributed by atoms with E-state index in [1.807, 2.05) is 0 Å². The molecule has 1 aromatic heterocycles. The molecule has 0 aliphatic heterocycles. The van der Waals surface area contributed by atoms with Crippen molar-refractivity contribution in [3.05, 3.63) is 18.3 Å². The molecule has 1 aromatic rings. The number of aromatic nitrogens is 1. The first-order valence-corrected chi connectivity index (χ1v) is 6.28. The number of nitrogen functional groups attached to an aromatic ring is 1. The van der Waals surface area contributed by atoms with Crippen LogP contribution in [0.2, 0.25) is 0 Å². The average Bonchev–Trinajstić information content (AvgIpc) is 2.99. The summed E-state index contributed by atoms with van der Waals surface area (Å²) in [5, 5.41) is 0. The van der Waals surface area contributed by atoms with Crippen LogP contribution in [0.3, 0.4) is 0 Å². The van der Waals surface area contributed by atoms with E-state index in [1.54, 1.807) is 6.07 Å². The van der Waals surface area contributed by atoms with Crippen LogP contribution in [-0.4, -0.2) is 19.9 Å². The Hall–Kier alpha value is -1.14. The molecule has 5 nitrogen and oxygen atoms in total. The lowest BCUT2D eigenvalue weighted by Crippen LogP contribution is -2.26. The number of nitrogens with one attached hydrogen (secondary N) is 1. The first kappa shape index (κ1) is 10.4. The van der Waals surface area contributed by atoms with E-state index < -0.39 is 10.0 Å². The zero-order valence-corrected chi connectivity index (χ0v) is 9.00. The highest BCUT2D eigenvalue weighted by Gasteiger charge is 2.25. The maximum Gasteiger partial charge on any atom is 0.244 e. The second-order valence-corrected chi connectivity index (χ2v) is 5.42. The standard InChI is InChI=1S/C9H13N3O2S/c10-9-8(2-1-5-11-9)15(13,14)12-6-7-3-4-7/h1-2,5,7,12H,3-4,6H2,(H2,10,11). The lowest BCUT2D eigenvalue weighted by molar-refractivity contribution is 0.577. The molecule has 1 saturated carbocycles. The summed E-state index contributed by atoms with van der Waals surface area (Å²) in [6.07, 6.45) is 3.67. The van der Waals surface area contributed by atoms with Crippen LogP contribution in [0.1, 0.15) is 12.8 Å². The van der Waals surface area contributed by atoms with Gasteiger partial charge in [-0.3, -0.25) is 0 Å². The van der Waals surface area contributed by atoms with E-state index in [4.69, 9.17) is 5.73 Å². The van der Waals surface area contributed by atoms with Gasteiger partial charge in [-0.15, -0.1) is 0 Å². The Morgan fingerprint density at radius 3 is 2.87 bits per heavy atom. The number of nitrogens with zero attached hydrogens (tertiary/aromatic N) is 1. The lowest BCUT2D eigenvalue weighted by Gasteiger charge is -2.07. The van der Waals surface area contributed by atoms with Crippen molar-refractivity contribution in [2.75, 3.05) is 12.3 Å². The zero-order chi connectivity index (χ0) is 10.9. The fraction of sp³-hybridized carbons (Fsp3) is 0.444. The van der Waals surface area contributed by atoms with Crippen molar-refractivity contribution < 1.29 is 8.42 Å². The third-order valence-electron chi connectivity index (χ3n) is 2.35. The van der Waals surface area contributed by atoms with Gasteiger partial charge in [-0.1, -0.05) is 0 Å². The molecule has 0 aromatic carbocycles. The maximum absolute atomic E-state index is 11.8. The highest BCUT2D eigenvalue weighted by molar-refractivity contribution is 7.89. The number of sulfonamides is 1. The van der Waals surface area contributed by atoms with Gasteiger partial charge in [0.15, 0.2) is 0 Å². The first-order chi connectivity index (χ1) is 7.09. The van der Waals surface area contributed by atoms with Gasteiger partial charge in [0.05, 0.1) is 0 Å². The van der Waals surface area contributed by atoms with Gasteiger partial charge >= 0.3 is 0 Å². The molecule has 15 heavy (non-hydrogen) atoms. The van der Waals surface area contributed by atoms with E-state index in [9.17, 15) is 8.42 Å². The Morgan fingerprint density at radius 2 is 2.27 bits per heavy atom. The molecule has 82 valence electrons. The van der Waals surface area contributed by atoms with Crippen LogP contribution in [0, 0.1) is 5.92 Å². The number of anilines is 1. The predicted octanol–water partition coefficient (Wildman–Crippen LogP) is 0.352. The summed E-state index contributed by atoms with van der Waals surface area (Å²) in [6, 6.07) is 3.01. The molecule has 2 rings (SSSR count). The molecule has 1 fully saturated rings. The van der Waals surface area contributed by atoms with Gasteiger partial charge in [-0.2, -0.15) is 0 Å². The molecule has 6 heteroatoms. The average molecular weight is 227 g/mol. The molecule has 0 saturated heterocycles. The molecule has 0 atom stereocenters. The van der Waals surface area contributed by atoms with E-state index in [1.165, 1.54) is 12.3 Å². The molecule has 3 N–H and O–H groups in total. The smallest absolute Gasteiger partial charge is 0.244 e. The SMILES string of the molecule is Nc1ncccc1S(=O)(=O)NCC1CC1. The van der Waals surface area contributed by atoms with Crippen LogP contribution in [-0.2, 0) is 10.0 Å². The number of hydrogen-bond acceptors (Lipinski definition) is 4. The zero-order valence-electron chi connectivity index (χ0n) is 8.18. The largest absolute Gasteiger partial charge is 0.383 e. The third-order valence-corrected chi connectivity index (χ3v) is 3.82. The van der Waals surface area contributed by atoms with Crippen LogP contribution in [0.5, 0.6) is 0 Å². The van der Waals surface area contributed by atoms with Gasteiger partial charge in [0.2, 0.25) is 10.0 Å². The van der Waals surface area contributed by atoms with Gasteiger partial charge in [0, 0.05) is 12.7 Å². The van der Waals surface area contributed by atoms with Crippen molar-refractivity contribution in [3.63, 3.8) is 0 Å². The number of nitrogens with two attached hydrogens (primary N) is 1. The normalized spacial score (nSPS) is 16.5. The molecule has 1 heterocycles. The summed E-state index contributed by atoms with van der Waals surface area (Å²) in [7, 11) is -3.48. The van der Waals surface area contributed by atoms with Gasteiger partial charge in [-0.05, 0) is 30.9 Å². The van der Waals surface area contributed by atoms with Crippen molar-refractivity contribution in [1.82, 2.24) is 9.71 Å². The van der Waals surface area contributed by atoms with Gasteiger partial charge in [0.1, 0.15) is 10.7 Å². The Morgan fingerprint density at radius 1 is 1.53 bits per heavy atom. The van der Waals surface area contributed by atoms with E-state index in [-0.39, 0.29) is 10.7 Å². The second-order valence-electron chi connectivity index (χ2n) is 3.68. The van der Waals surface area contributed by atoms with Gasteiger partial charge in [0.25, 0.3) is 0 Å². The van der Waals surface area contributed by atoms with Crippen LogP contribution in [0.15, 0.2) is 23.2 Å². The summed E-state index contributed by atoms with van der Waals surface area (Å²) < 4.78 is 26.0. The minimum Gasteiger partial charge on any atom is -0.383 e. The van der Waals surface area contributed by atoms with E-state index in [0.29, 0.717) is 12.5 Å². The maximum atomic E-state index is 11.8. The fourth-order valence-electron chi connectivity index (χ4n) is 1.26. The van der Waals surface area contributed by atoms with E-state index in [0.717, 1.165) is 12.8 Å². The molecule has 0 radical (unpaired) electrons. The summed E-state index contributed by atoms with van der Waals surface area (Å²) in [5.74, 6) is 0.540. The third kappa shape index (κ3) is 2.45. The van der Waals surface area contributed by atoms with Crippen LogP contribution < -0.4 is 10.5 Å². The van der Waals surface area contributed by atoms with Crippen molar-refractivity contribution in [2.45, 2.75) is 17.7 Å². The molecule has 1 aliphatic rings. The molecular weight excluding hydrogens is 214 g/mol. The Balaban J connectivity index is 2.16.